The largest absolute Gasteiger partial charge is 0.398 e. The summed E-state index contributed by atoms with van der Waals surface area (Å²) in [5.74, 6) is 0. The molecule has 0 saturated carbocycles. The van der Waals surface area contributed by atoms with Crippen molar-refractivity contribution in [1.82, 2.24) is 0 Å². The van der Waals surface area contributed by atoms with Crippen molar-refractivity contribution in [2.45, 2.75) is 26.3 Å². The van der Waals surface area contributed by atoms with Crippen molar-refractivity contribution in [1.29, 1.82) is 0 Å². The molecule has 0 bridgehead atoms. The van der Waals surface area contributed by atoms with E-state index >= 15 is 0 Å². The molecule has 0 aliphatic heterocycles. The van der Waals surface area contributed by atoms with Gasteiger partial charge in [-0.05, 0) is 37.0 Å². The zero-order valence-electron chi connectivity index (χ0n) is 8.75. The number of hydrogen-bond acceptors (Lipinski definition) is 3. The van der Waals surface area contributed by atoms with E-state index in [0.29, 0.717) is 6.42 Å². The van der Waals surface area contributed by atoms with Crippen molar-refractivity contribution in [2.24, 2.45) is 5.73 Å². The number of aryl methyl sites for hydroxylation is 2. The van der Waals surface area contributed by atoms with Gasteiger partial charge in [-0.25, -0.2) is 0 Å². The molecule has 3 nitrogen and oxygen atoms in total. The Kier molecular flexibility index (Phi) is 3.49. The Morgan fingerprint density at radius 3 is 2.21 bits per heavy atom. The summed E-state index contributed by atoms with van der Waals surface area (Å²) < 4.78 is 0. The first-order chi connectivity index (χ1) is 6.56. The standard InChI is InChI=1S/C11H18N2O/c1-7-5-9(10(12)3-4-14)6-8(2)11(7)13/h5-6,10,14H,3-4,12-13H2,1-2H3/t10-/m0/s1. The summed E-state index contributed by atoms with van der Waals surface area (Å²) in [6.07, 6.45) is 0.586. The third-order valence-electron chi connectivity index (χ3n) is 2.48. The van der Waals surface area contributed by atoms with Gasteiger partial charge in [0, 0.05) is 18.3 Å². The highest BCUT2D eigenvalue weighted by atomic mass is 16.3. The molecule has 0 fully saturated rings. The molecule has 14 heavy (non-hydrogen) atoms. The lowest BCUT2D eigenvalue weighted by Crippen LogP contribution is -2.12. The first kappa shape index (κ1) is 11.0. The first-order valence-corrected chi connectivity index (χ1v) is 4.79. The van der Waals surface area contributed by atoms with Crippen LogP contribution in [0.1, 0.15) is 29.2 Å². The minimum Gasteiger partial charge on any atom is -0.398 e. The van der Waals surface area contributed by atoms with E-state index in [1.807, 2.05) is 26.0 Å². The Bertz CT molecular complexity index is 300. The zero-order valence-corrected chi connectivity index (χ0v) is 8.75. The van der Waals surface area contributed by atoms with E-state index < -0.39 is 0 Å². The monoisotopic (exact) mass is 194 g/mol. The molecular formula is C11H18N2O. The average Bonchev–Trinajstić information content (AvgIpc) is 2.13. The van der Waals surface area contributed by atoms with Gasteiger partial charge in [0.05, 0.1) is 0 Å². The second-order valence-electron chi connectivity index (χ2n) is 3.69. The van der Waals surface area contributed by atoms with Crippen molar-refractivity contribution in [3.05, 3.63) is 28.8 Å². The number of aliphatic hydroxyl groups excluding tert-OH is 1. The van der Waals surface area contributed by atoms with E-state index in [4.69, 9.17) is 16.6 Å². The fourth-order valence-electron chi connectivity index (χ4n) is 1.53. The highest BCUT2D eigenvalue weighted by Crippen LogP contribution is 2.23. The van der Waals surface area contributed by atoms with Crippen LogP contribution in [0.2, 0.25) is 0 Å². The van der Waals surface area contributed by atoms with Crippen molar-refractivity contribution in [3.8, 4) is 0 Å². The van der Waals surface area contributed by atoms with E-state index in [1.54, 1.807) is 0 Å². The molecule has 78 valence electrons. The second kappa shape index (κ2) is 4.44. The Hall–Kier alpha value is -1.06. The van der Waals surface area contributed by atoms with Gasteiger partial charge in [0.15, 0.2) is 0 Å². The normalized spacial score (nSPS) is 12.9. The molecule has 0 aromatic heterocycles. The van der Waals surface area contributed by atoms with Crippen molar-refractivity contribution < 1.29 is 5.11 Å². The Morgan fingerprint density at radius 2 is 1.79 bits per heavy atom. The number of nitrogen functional groups attached to an aromatic ring is 1. The predicted molar refractivity (Wildman–Crippen MR) is 59.0 cm³/mol. The maximum Gasteiger partial charge on any atom is 0.0449 e. The molecular weight excluding hydrogens is 176 g/mol. The lowest BCUT2D eigenvalue weighted by Gasteiger charge is -2.14. The van der Waals surface area contributed by atoms with Gasteiger partial charge in [0.1, 0.15) is 0 Å². The van der Waals surface area contributed by atoms with Gasteiger partial charge >= 0.3 is 0 Å². The zero-order chi connectivity index (χ0) is 10.7. The van der Waals surface area contributed by atoms with Crippen LogP contribution < -0.4 is 11.5 Å². The van der Waals surface area contributed by atoms with Crippen LogP contribution in [0.3, 0.4) is 0 Å². The lowest BCUT2D eigenvalue weighted by molar-refractivity contribution is 0.276. The Labute approximate surface area is 84.7 Å². The first-order valence-electron chi connectivity index (χ1n) is 4.79. The van der Waals surface area contributed by atoms with Gasteiger partial charge < -0.3 is 16.6 Å². The van der Waals surface area contributed by atoms with E-state index in [-0.39, 0.29) is 12.6 Å². The van der Waals surface area contributed by atoms with E-state index in [0.717, 1.165) is 22.4 Å². The average molecular weight is 194 g/mol. The highest BCUT2D eigenvalue weighted by molar-refractivity contribution is 5.54. The fraction of sp³-hybridized carbons (Fsp3) is 0.455. The Balaban J connectivity index is 3.00. The Morgan fingerprint density at radius 1 is 1.29 bits per heavy atom. The molecule has 0 radical (unpaired) electrons. The molecule has 1 rings (SSSR count). The van der Waals surface area contributed by atoms with E-state index in [1.165, 1.54) is 0 Å². The molecule has 1 aromatic rings. The van der Waals surface area contributed by atoms with Crippen LogP contribution in [0, 0.1) is 13.8 Å². The van der Waals surface area contributed by atoms with Crippen LogP contribution in [0.4, 0.5) is 5.69 Å². The van der Waals surface area contributed by atoms with Crippen molar-refractivity contribution >= 4 is 5.69 Å². The SMILES string of the molecule is Cc1cc([C@@H](N)CCO)cc(C)c1N. The number of rotatable bonds is 3. The number of nitrogens with two attached hydrogens (primary N) is 2. The van der Waals surface area contributed by atoms with Crippen LogP contribution in [0.25, 0.3) is 0 Å². The summed E-state index contributed by atoms with van der Waals surface area (Å²) >= 11 is 0. The van der Waals surface area contributed by atoms with Gasteiger partial charge in [-0.3, -0.25) is 0 Å². The molecule has 0 unspecified atom stereocenters. The summed E-state index contributed by atoms with van der Waals surface area (Å²) in [5, 5.41) is 8.79. The van der Waals surface area contributed by atoms with Crippen molar-refractivity contribution in [2.75, 3.05) is 12.3 Å². The summed E-state index contributed by atoms with van der Waals surface area (Å²) in [7, 11) is 0. The van der Waals surface area contributed by atoms with Gasteiger partial charge in [-0.2, -0.15) is 0 Å². The smallest absolute Gasteiger partial charge is 0.0449 e. The predicted octanol–water partition coefficient (Wildman–Crippen LogP) is 1.27. The summed E-state index contributed by atoms with van der Waals surface area (Å²) in [6.45, 7) is 4.05. The molecule has 0 amide bonds. The third kappa shape index (κ3) is 2.25. The van der Waals surface area contributed by atoms with Gasteiger partial charge in [0.25, 0.3) is 0 Å². The minimum absolute atomic E-state index is 0.0991. The number of benzene rings is 1. The molecule has 0 aliphatic carbocycles. The van der Waals surface area contributed by atoms with Gasteiger partial charge in [-0.1, -0.05) is 12.1 Å². The third-order valence-corrected chi connectivity index (χ3v) is 2.48. The number of anilines is 1. The molecule has 1 atom stereocenters. The topological polar surface area (TPSA) is 72.3 Å². The summed E-state index contributed by atoms with van der Waals surface area (Å²) in [5.41, 5.74) is 15.7. The van der Waals surface area contributed by atoms with Crippen LogP contribution >= 0.6 is 0 Å². The highest BCUT2D eigenvalue weighted by Gasteiger charge is 2.08. The number of aliphatic hydroxyl groups is 1. The van der Waals surface area contributed by atoms with Gasteiger partial charge in [-0.15, -0.1) is 0 Å². The maximum atomic E-state index is 8.79. The summed E-state index contributed by atoms with van der Waals surface area (Å²) in [4.78, 5) is 0. The molecule has 1 aromatic carbocycles. The minimum atomic E-state index is -0.0991. The van der Waals surface area contributed by atoms with E-state index in [9.17, 15) is 0 Å². The van der Waals surface area contributed by atoms with E-state index in [2.05, 4.69) is 0 Å². The second-order valence-corrected chi connectivity index (χ2v) is 3.69. The van der Waals surface area contributed by atoms with Crippen LogP contribution in [-0.2, 0) is 0 Å². The molecule has 5 N–H and O–H groups in total. The molecule has 0 spiro atoms. The molecule has 0 saturated heterocycles. The van der Waals surface area contributed by atoms with Crippen LogP contribution in [0.5, 0.6) is 0 Å². The maximum absolute atomic E-state index is 8.79. The molecule has 0 heterocycles. The van der Waals surface area contributed by atoms with Gasteiger partial charge in [0.2, 0.25) is 0 Å². The fourth-order valence-corrected chi connectivity index (χ4v) is 1.53. The molecule has 0 aliphatic rings. The molecule has 3 heteroatoms. The van der Waals surface area contributed by atoms with Crippen molar-refractivity contribution in [3.63, 3.8) is 0 Å². The number of hydrogen-bond donors (Lipinski definition) is 3. The lowest BCUT2D eigenvalue weighted by atomic mass is 9.98. The quantitative estimate of drug-likeness (QED) is 0.634. The van der Waals surface area contributed by atoms with Crippen LogP contribution in [0.15, 0.2) is 12.1 Å². The van der Waals surface area contributed by atoms with Crippen LogP contribution in [-0.4, -0.2) is 11.7 Å². The summed E-state index contributed by atoms with van der Waals surface area (Å²) in [6, 6.07) is 3.88.